The van der Waals surface area contributed by atoms with Gasteiger partial charge in [-0.2, -0.15) is 0 Å². The second-order valence-electron chi connectivity index (χ2n) is 7.72. The molecule has 13 heteroatoms. The van der Waals surface area contributed by atoms with Crippen LogP contribution in [0, 0.1) is 0 Å². The molecular formula is C24H23N3O7S3. The van der Waals surface area contributed by atoms with E-state index in [0.29, 0.717) is 40.3 Å². The van der Waals surface area contributed by atoms with Crippen molar-refractivity contribution in [1.82, 2.24) is 9.47 Å². The number of ether oxygens (including phenoxy) is 2. The van der Waals surface area contributed by atoms with E-state index in [1.165, 1.54) is 11.0 Å². The van der Waals surface area contributed by atoms with Crippen LogP contribution in [-0.2, 0) is 20.9 Å². The number of allylic oxidation sites excluding steroid dienone is 1. The van der Waals surface area contributed by atoms with E-state index in [9.17, 15) is 24.3 Å². The molecule has 2 aliphatic rings. The van der Waals surface area contributed by atoms with Gasteiger partial charge in [-0.15, -0.1) is 11.3 Å². The molecule has 37 heavy (non-hydrogen) atoms. The van der Waals surface area contributed by atoms with E-state index in [4.69, 9.17) is 21.7 Å². The van der Waals surface area contributed by atoms with Crippen molar-refractivity contribution in [3.63, 3.8) is 0 Å². The molecule has 2 aromatic rings. The van der Waals surface area contributed by atoms with E-state index in [0.717, 1.165) is 27.7 Å². The smallest absolute Gasteiger partial charge is 0.338 e. The van der Waals surface area contributed by atoms with Gasteiger partial charge in [-0.05, 0) is 45.0 Å². The van der Waals surface area contributed by atoms with Gasteiger partial charge in [0.25, 0.3) is 11.5 Å². The number of fused-ring (bicyclic) bond motifs is 1. The fourth-order valence-electron chi connectivity index (χ4n) is 3.82. The Kier molecular flexibility index (Phi) is 7.85. The molecule has 1 N–H and O–H groups in total. The predicted octanol–water partition coefficient (Wildman–Crippen LogP) is 1.70. The summed E-state index contributed by atoms with van der Waals surface area (Å²) in [5.41, 5.74) is 0.533. The number of esters is 1. The van der Waals surface area contributed by atoms with E-state index in [-0.39, 0.29) is 26.6 Å². The zero-order valence-corrected chi connectivity index (χ0v) is 22.6. The molecule has 0 saturated carbocycles. The molecule has 1 fully saturated rings. The molecule has 1 amide bonds. The van der Waals surface area contributed by atoms with Crippen LogP contribution in [0.5, 0.6) is 5.75 Å². The Balaban J connectivity index is 1.78. The first-order valence-electron chi connectivity index (χ1n) is 11.4. The van der Waals surface area contributed by atoms with Gasteiger partial charge in [0.05, 0.1) is 22.4 Å². The van der Waals surface area contributed by atoms with E-state index in [1.54, 1.807) is 38.1 Å². The highest BCUT2D eigenvalue weighted by Crippen LogP contribution is 2.39. The second-order valence-corrected chi connectivity index (χ2v) is 10.4. The van der Waals surface area contributed by atoms with Crippen LogP contribution in [0.3, 0.4) is 0 Å². The lowest BCUT2D eigenvalue weighted by Crippen LogP contribution is -2.35. The molecule has 1 aromatic carbocycles. The summed E-state index contributed by atoms with van der Waals surface area (Å²) in [6, 6.07) is 4.98. The topological polar surface area (TPSA) is 118 Å². The minimum absolute atomic E-state index is 0.230. The van der Waals surface area contributed by atoms with Crippen molar-refractivity contribution in [2.75, 3.05) is 24.6 Å². The van der Waals surface area contributed by atoms with Gasteiger partial charge in [-0.3, -0.25) is 23.9 Å². The van der Waals surface area contributed by atoms with E-state index >= 15 is 0 Å². The SMILES string of the molecule is CCOC(=O)c1ccc2c(c1)N(CC)C(=CC=c1sc(=C3SC(=S)N(CC)C3=O)n(CC(=O)O)c1=O)O2. The highest BCUT2D eigenvalue weighted by atomic mass is 32.2. The Morgan fingerprint density at radius 3 is 2.49 bits per heavy atom. The van der Waals surface area contributed by atoms with Gasteiger partial charge in [0.15, 0.2) is 5.75 Å². The van der Waals surface area contributed by atoms with Crippen LogP contribution in [0.2, 0.25) is 0 Å². The van der Waals surface area contributed by atoms with Crippen LogP contribution in [0.1, 0.15) is 31.1 Å². The van der Waals surface area contributed by atoms with Gasteiger partial charge in [0.1, 0.15) is 20.4 Å². The first-order chi connectivity index (χ1) is 17.7. The molecule has 0 aliphatic carbocycles. The molecule has 0 spiro atoms. The zero-order chi connectivity index (χ0) is 26.9. The van der Waals surface area contributed by atoms with Crippen molar-refractivity contribution in [3.05, 3.63) is 55.3 Å². The van der Waals surface area contributed by atoms with Crippen LogP contribution in [-0.4, -0.2) is 56.4 Å². The van der Waals surface area contributed by atoms with Gasteiger partial charge in [0.2, 0.25) is 5.88 Å². The number of amides is 1. The van der Waals surface area contributed by atoms with Crippen molar-refractivity contribution in [3.8, 4) is 5.75 Å². The number of aliphatic carboxylic acids is 1. The van der Waals surface area contributed by atoms with Crippen LogP contribution in [0.25, 0.3) is 11.0 Å². The third kappa shape index (κ3) is 5.06. The molecule has 2 aliphatic heterocycles. The number of carbonyl (C=O) groups is 3. The maximum Gasteiger partial charge on any atom is 0.338 e. The van der Waals surface area contributed by atoms with Gasteiger partial charge in [0, 0.05) is 19.2 Å². The normalized spacial score (nSPS) is 18.0. The minimum Gasteiger partial charge on any atom is -0.480 e. The monoisotopic (exact) mass is 561 g/mol. The van der Waals surface area contributed by atoms with Gasteiger partial charge in [-0.25, -0.2) is 4.79 Å². The number of hydrogen-bond donors (Lipinski definition) is 1. The van der Waals surface area contributed by atoms with Crippen molar-refractivity contribution in [2.45, 2.75) is 27.3 Å². The number of carboxylic acid groups (broad SMARTS) is 1. The minimum atomic E-state index is -1.21. The standard InChI is InChI=1S/C24H23N3O7S3/c1-4-25-14-11-13(23(32)33-6-3)7-8-15(14)34-17(25)10-9-16-20(30)27(12-18(28)29)22(36-16)19-21(31)26(5-2)24(35)37-19/h7-11H,4-6,12H2,1-3H3,(H,28,29). The lowest BCUT2D eigenvalue weighted by atomic mass is 10.2. The van der Waals surface area contributed by atoms with E-state index in [2.05, 4.69) is 0 Å². The summed E-state index contributed by atoms with van der Waals surface area (Å²) < 4.78 is 12.9. The number of hydrogen-bond acceptors (Lipinski definition) is 10. The van der Waals surface area contributed by atoms with Gasteiger partial charge < -0.3 is 19.5 Å². The largest absolute Gasteiger partial charge is 0.480 e. The van der Waals surface area contributed by atoms with E-state index in [1.807, 2.05) is 11.8 Å². The molecule has 0 atom stereocenters. The average molecular weight is 562 g/mol. The molecule has 0 radical (unpaired) electrons. The number of benzene rings is 1. The highest BCUT2D eigenvalue weighted by molar-refractivity contribution is 8.30. The zero-order valence-electron chi connectivity index (χ0n) is 20.2. The molecule has 1 saturated heterocycles. The summed E-state index contributed by atoms with van der Waals surface area (Å²) in [7, 11) is 0. The first-order valence-corrected chi connectivity index (χ1v) is 13.4. The molecule has 1 aromatic heterocycles. The van der Waals surface area contributed by atoms with Crippen LogP contribution in [0.15, 0.2) is 35.0 Å². The van der Waals surface area contributed by atoms with Crippen LogP contribution < -0.4 is 24.4 Å². The third-order valence-electron chi connectivity index (χ3n) is 5.50. The molecular weight excluding hydrogens is 538 g/mol. The number of rotatable bonds is 7. The second kappa shape index (κ2) is 10.9. The van der Waals surface area contributed by atoms with Gasteiger partial charge in [-0.1, -0.05) is 24.0 Å². The average Bonchev–Trinajstić information content (AvgIpc) is 3.47. The Hall–Kier alpha value is -3.42. The summed E-state index contributed by atoms with van der Waals surface area (Å²) in [5.74, 6) is -1.03. The maximum absolute atomic E-state index is 13.1. The lowest BCUT2D eigenvalue weighted by Gasteiger charge is -2.15. The fraction of sp³-hybridized carbons (Fsp3) is 0.292. The number of thiazole rings is 1. The number of nitrogens with zero attached hydrogens (tertiary/aromatic N) is 3. The molecule has 0 bridgehead atoms. The summed E-state index contributed by atoms with van der Waals surface area (Å²) in [6.45, 7) is 5.99. The summed E-state index contributed by atoms with van der Waals surface area (Å²) in [6.07, 6.45) is 3.14. The number of anilines is 1. The third-order valence-corrected chi connectivity index (χ3v) is 8.21. The summed E-state index contributed by atoms with van der Waals surface area (Å²) in [5, 5.41) is 9.37. The number of thiocarbonyl (C=S) groups is 1. The van der Waals surface area contributed by atoms with Gasteiger partial charge >= 0.3 is 11.9 Å². The molecule has 10 nitrogen and oxygen atoms in total. The number of thioether (sulfide) groups is 1. The molecule has 4 rings (SSSR count). The number of carboxylic acids is 1. The Morgan fingerprint density at radius 2 is 1.86 bits per heavy atom. The fourth-order valence-corrected chi connectivity index (χ4v) is 6.40. The summed E-state index contributed by atoms with van der Waals surface area (Å²) >= 11 is 7.34. The van der Waals surface area contributed by atoms with E-state index < -0.39 is 24.0 Å². The highest BCUT2D eigenvalue weighted by Gasteiger charge is 2.33. The molecule has 194 valence electrons. The Morgan fingerprint density at radius 1 is 1.14 bits per heavy atom. The predicted molar refractivity (Wildman–Crippen MR) is 145 cm³/mol. The first kappa shape index (κ1) is 26.6. The summed E-state index contributed by atoms with van der Waals surface area (Å²) in [4.78, 5) is 53.1. The van der Waals surface area contributed by atoms with Crippen molar-refractivity contribution >= 4 is 74.2 Å². The quantitative estimate of drug-likeness (QED) is 0.395. The lowest BCUT2D eigenvalue weighted by molar-refractivity contribution is -0.137. The van der Waals surface area contributed by atoms with Crippen molar-refractivity contribution < 1.29 is 29.0 Å². The van der Waals surface area contributed by atoms with Crippen LogP contribution in [0.4, 0.5) is 5.69 Å². The number of aromatic nitrogens is 1. The maximum atomic E-state index is 13.1. The Bertz CT molecular complexity index is 1520. The number of carbonyl (C=O) groups excluding carboxylic acids is 2. The molecule has 0 unspecified atom stereocenters. The van der Waals surface area contributed by atoms with Crippen molar-refractivity contribution in [2.24, 2.45) is 0 Å². The molecule has 3 heterocycles. The Labute approximate surface area is 225 Å². The van der Waals surface area contributed by atoms with Crippen LogP contribution >= 0.6 is 35.3 Å². The van der Waals surface area contributed by atoms with Crippen molar-refractivity contribution in [1.29, 1.82) is 0 Å².